The number of hydrogen-bond donors (Lipinski definition) is 1. The number of nitrogens with one attached hydrogen (secondary N) is 1. The zero-order chi connectivity index (χ0) is 26.9. The second-order valence-electron chi connectivity index (χ2n) is 9.13. The summed E-state index contributed by atoms with van der Waals surface area (Å²) in [7, 11) is 0. The predicted octanol–water partition coefficient (Wildman–Crippen LogP) is 5.80. The van der Waals surface area contributed by atoms with Crippen LogP contribution in [0.15, 0.2) is 52.4 Å². The van der Waals surface area contributed by atoms with Crippen molar-refractivity contribution in [2.45, 2.75) is 31.4 Å². The predicted molar refractivity (Wildman–Crippen MR) is 131 cm³/mol. The summed E-state index contributed by atoms with van der Waals surface area (Å²) in [5.41, 5.74) is 2.11. The molecule has 1 aliphatic heterocycles. The van der Waals surface area contributed by atoms with Gasteiger partial charge in [-0.3, -0.25) is 4.79 Å². The van der Waals surface area contributed by atoms with Gasteiger partial charge < -0.3 is 14.6 Å². The topological polar surface area (TPSA) is 90.1 Å². The number of alkyl halides is 3. The molecule has 1 fully saturated rings. The van der Waals surface area contributed by atoms with Crippen molar-refractivity contribution in [1.29, 1.82) is 0 Å². The van der Waals surface area contributed by atoms with Crippen LogP contribution in [0.5, 0.6) is 0 Å². The van der Waals surface area contributed by atoms with E-state index in [0.717, 1.165) is 10.6 Å². The number of thiazole rings is 1. The van der Waals surface area contributed by atoms with E-state index in [1.165, 1.54) is 41.7 Å². The number of halogens is 4. The molecule has 198 valence electrons. The van der Waals surface area contributed by atoms with Gasteiger partial charge >= 0.3 is 12.1 Å². The Morgan fingerprint density at radius 1 is 1.11 bits per heavy atom. The summed E-state index contributed by atoms with van der Waals surface area (Å²) in [6, 6.07) is 10.8. The van der Waals surface area contributed by atoms with Crippen LogP contribution in [0.2, 0.25) is 0 Å². The van der Waals surface area contributed by atoms with E-state index in [-0.39, 0.29) is 29.3 Å². The van der Waals surface area contributed by atoms with E-state index >= 15 is 0 Å². The minimum atomic E-state index is -4.76. The van der Waals surface area contributed by atoms with Gasteiger partial charge in [0.15, 0.2) is 0 Å². The number of carbonyl (C=O) groups is 1. The summed E-state index contributed by atoms with van der Waals surface area (Å²) in [6.07, 6.45) is -3.50. The van der Waals surface area contributed by atoms with E-state index in [9.17, 15) is 22.4 Å². The van der Waals surface area contributed by atoms with E-state index in [4.69, 9.17) is 9.72 Å². The molecule has 1 saturated heterocycles. The zero-order valence-corrected chi connectivity index (χ0v) is 21.0. The van der Waals surface area contributed by atoms with Crippen molar-refractivity contribution in [2.24, 2.45) is 0 Å². The molecule has 2 aromatic carbocycles. The first-order valence-electron chi connectivity index (χ1n) is 11.7. The van der Waals surface area contributed by atoms with Crippen LogP contribution in [0.3, 0.4) is 0 Å². The molecule has 1 aliphatic rings. The van der Waals surface area contributed by atoms with Crippen LogP contribution >= 0.6 is 11.3 Å². The minimum Gasteiger partial charge on any atom is -0.381 e. The number of aryl methyl sites for hydroxylation is 1. The Labute approximate surface area is 218 Å². The van der Waals surface area contributed by atoms with Gasteiger partial charge in [0.05, 0.1) is 5.69 Å². The summed E-state index contributed by atoms with van der Waals surface area (Å²) in [4.78, 5) is 21.3. The van der Waals surface area contributed by atoms with Gasteiger partial charge in [-0.1, -0.05) is 17.3 Å². The van der Waals surface area contributed by atoms with Crippen LogP contribution in [0, 0.1) is 12.7 Å². The Balaban J connectivity index is 1.35. The molecule has 38 heavy (non-hydrogen) atoms. The maximum absolute atomic E-state index is 14.0. The third-order valence-corrected chi connectivity index (χ3v) is 7.47. The third-order valence-electron chi connectivity index (χ3n) is 6.38. The molecule has 0 aliphatic carbocycles. The zero-order valence-electron chi connectivity index (χ0n) is 20.1. The Morgan fingerprint density at radius 3 is 2.61 bits per heavy atom. The van der Waals surface area contributed by atoms with Gasteiger partial charge in [0.25, 0.3) is 5.91 Å². The lowest BCUT2D eigenvalue weighted by atomic mass is 9.80. The number of rotatable bonds is 6. The molecule has 0 saturated carbocycles. The van der Waals surface area contributed by atoms with Crippen LogP contribution in [0.4, 0.5) is 17.6 Å². The molecule has 3 heterocycles. The monoisotopic (exact) mass is 546 g/mol. The number of hydrogen-bond acceptors (Lipinski definition) is 7. The molecule has 2 aromatic heterocycles. The first-order valence-corrected chi connectivity index (χ1v) is 12.6. The first kappa shape index (κ1) is 26.0. The molecule has 4 aromatic rings. The summed E-state index contributed by atoms with van der Waals surface area (Å²) in [6.45, 7) is 3.09. The average Bonchev–Trinajstić information content (AvgIpc) is 3.58. The molecule has 0 bridgehead atoms. The van der Waals surface area contributed by atoms with Crippen molar-refractivity contribution in [2.75, 3.05) is 19.8 Å². The standard InChI is InChI=1S/C26H22F4N4O3S/c1-15-9-18(12-19(27)10-15)20-13-38-24(32-20)25(5-7-36-8-6-25)14-31-22(35)17-4-2-3-16(11-17)21-33-23(37-34-21)26(28,29)30/h2-4,9-13H,5-8,14H2,1H3,(H,31,35). The molecular formula is C26H22F4N4O3S. The number of ether oxygens (including phenoxy) is 1. The smallest absolute Gasteiger partial charge is 0.381 e. The van der Waals surface area contributed by atoms with Crippen molar-refractivity contribution in [1.82, 2.24) is 20.4 Å². The summed E-state index contributed by atoms with van der Waals surface area (Å²) < 4.78 is 62.3. The highest BCUT2D eigenvalue weighted by Crippen LogP contribution is 2.38. The average molecular weight is 547 g/mol. The van der Waals surface area contributed by atoms with Crippen molar-refractivity contribution >= 4 is 17.2 Å². The Bertz CT molecular complexity index is 1440. The minimum absolute atomic E-state index is 0.215. The van der Waals surface area contributed by atoms with E-state index < -0.39 is 23.4 Å². The third kappa shape index (κ3) is 5.46. The fourth-order valence-electron chi connectivity index (χ4n) is 4.37. The van der Waals surface area contributed by atoms with Crippen molar-refractivity contribution in [3.05, 3.63) is 75.7 Å². The lowest BCUT2D eigenvalue weighted by Gasteiger charge is -2.35. The lowest BCUT2D eigenvalue weighted by molar-refractivity contribution is -0.159. The second-order valence-corrected chi connectivity index (χ2v) is 9.99. The highest BCUT2D eigenvalue weighted by Gasteiger charge is 2.39. The van der Waals surface area contributed by atoms with Gasteiger partial charge in [-0.2, -0.15) is 18.2 Å². The number of nitrogens with zero attached hydrogens (tertiary/aromatic N) is 3. The summed E-state index contributed by atoms with van der Waals surface area (Å²) >= 11 is 1.45. The van der Waals surface area contributed by atoms with Gasteiger partial charge in [-0.25, -0.2) is 9.37 Å². The van der Waals surface area contributed by atoms with E-state index in [1.54, 1.807) is 6.07 Å². The molecule has 5 rings (SSSR count). The summed E-state index contributed by atoms with van der Waals surface area (Å²) in [5, 5.41) is 9.03. The Morgan fingerprint density at radius 2 is 1.89 bits per heavy atom. The Hall–Kier alpha value is -3.64. The van der Waals surface area contributed by atoms with Crippen molar-refractivity contribution < 1.29 is 31.6 Å². The van der Waals surface area contributed by atoms with E-state index in [0.29, 0.717) is 37.3 Å². The maximum atomic E-state index is 14.0. The molecule has 12 heteroatoms. The first-order chi connectivity index (χ1) is 18.1. The molecular weight excluding hydrogens is 524 g/mol. The van der Waals surface area contributed by atoms with Gasteiger partial charge in [0.1, 0.15) is 10.8 Å². The van der Waals surface area contributed by atoms with E-state index in [2.05, 4.69) is 20.0 Å². The molecule has 7 nitrogen and oxygen atoms in total. The Kier molecular flexibility index (Phi) is 7.01. The molecule has 0 unspecified atom stereocenters. The van der Waals surface area contributed by atoms with Crippen molar-refractivity contribution in [3.8, 4) is 22.6 Å². The molecule has 1 amide bonds. The SMILES string of the molecule is Cc1cc(F)cc(-c2csc(C3(CNC(=O)c4cccc(-c5noc(C(F)(F)F)n5)c4)CCOCC3)n2)c1. The quantitative estimate of drug-likeness (QED) is 0.307. The van der Waals surface area contributed by atoms with Crippen LogP contribution in [-0.4, -0.2) is 40.8 Å². The largest absolute Gasteiger partial charge is 0.471 e. The fourth-order valence-corrected chi connectivity index (χ4v) is 5.46. The normalized spacial score (nSPS) is 15.4. The van der Waals surface area contributed by atoms with Gasteiger partial charge in [-0.05, 0) is 55.7 Å². The van der Waals surface area contributed by atoms with Crippen LogP contribution in [-0.2, 0) is 16.3 Å². The summed E-state index contributed by atoms with van der Waals surface area (Å²) in [5.74, 6) is -2.47. The molecule has 0 spiro atoms. The lowest BCUT2D eigenvalue weighted by Crippen LogP contribution is -2.44. The van der Waals surface area contributed by atoms with Crippen LogP contribution in [0.25, 0.3) is 22.6 Å². The highest BCUT2D eigenvalue weighted by molar-refractivity contribution is 7.10. The van der Waals surface area contributed by atoms with Gasteiger partial charge in [0.2, 0.25) is 5.82 Å². The van der Waals surface area contributed by atoms with Crippen molar-refractivity contribution in [3.63, 3.8) is 0 Å². The fraction of sp³-hybridized carbons (Fsp3) is 0.308. The second kappa shape index (κ2) is 10.3. The van der Waals surface area contributed by atoms with Gasteiger partial charge in [-0.15, -0.1) is 11.3 Å². The molecule has 1 N–H and O–H groups in total. The number of aromatic nitrogens is 3. The van der Waals surface area contributed by atoms with Gasteiger partial charge in [0, 0.05) is 47.2 Å². The highest BCUT2D eigenvalue weighted by atomic mass is 32.1. The van der Waals surface area contributed by atoms with Crippen LogP contribution < -0.4 is 5.32 Å². The van der Waals surface area contributed by atoms with Crippen LogP contribution in [0.1, 0.15) is 39.7 Å². The maximum Gasteiger partial charge on any atom is 0.471 e. The molecule has 0 radical (unpaired) electrons. The number of benzene rings is 2. The number of carbonyl (C=O) groups excluding carboxylic acids is 1. The molecule has 0 atom stereocenters. The number of amides is 1. The van der Waals surface area contributed by atoms with E-state index in [1.807, 2.05) is 18.4 Å².